The molecule has 0 aromatic heterocycles. The molecule has 0 radical (unpaired) electrons. The minimum Gasteiger partial charge on any atom is -0.454 e. The van der Waals surface area contributed by atoms with Crippen LogP contribution in [0.25, 0.3) is 0 Å². The maximum Gasteiger partial charge on any atom is 0.325 e. The van der Waals surface area contributed by atoms with E-state index in [0.29, 0.717) is 22.6 Å². The molecule has 1 fully saturated rings. The quantitative estimate of drug-likeness (QED) is 0.871. The van der Waals surface area contributed by atoms with Gasteiger partial charge in [-0.3, -0.25) is 9.69 Å². The molecule has 1 N–H and O–H groups in total. The molecule has 7 heteroatoms. The van der Waals surface area contributed by atoms with E-state index in [1.54, 1.807) is 37.3 Å². The van der Waals surface area contributed by atoms with Crippen molar-refractivity contribution in [2.75, 3.05) is 6.79 Å². The number of hydrogen-bond acceptors (Lipinski definition) is 4. The molecule has 0 unspecified atom stereocenters. The molecule has 6 nitrogen and oxygen atoms in total. The second-order valence-corrected chi connectivity index (χ2v) is 6.14. The zero-order valence-corrected chi connectivity index (χ0v) is 13.4. The summed E-state index contributed by atoms with van der Waals surface area (Å²) in [5, 5.41) is 2.74. The summed E-state index contributed by atoms with van der Waals surface area (Å²) in [5.74, 6) is 0.400. The Balaban J connectivity index is 1.62. The van der Waals surface area contributed by atoms with Crippen LogP contribution in [0.4, 0.5) is 9.18 Å². The molecular formula is C18H15FN2O4. The Labute approximate surface area is 143 Å². The van der Waals surface area contributed by atoms with Crippen molar-refractivity contribution in [1.82, 2.24) is 10.2 Å². The number of rotatable bonds is 3. The zero-order valence-electron chi connectivity index (χ0n) is 13.4. The molecule has 2 aromatic carbocycles. The van der Waals surface area contributed by atoms with Crippen molar-refractivity contribution in [2.24, 2.45) is 0 Å². The fraction of sp³-hybridized carbons (Fsp3) is 0.222. The second kappa shape index (κ2) is 5.47. The Morgan fingerprint density at radius 2 is 1.84 bits per heavy atom. The van der Waals surface area contributed by atoms with Gasteiger partial charge in [0.25, 0.3) is 5.91 Å². The lowest BCUT2D eigenvalue weighted by molar-refractivity contribution is -0.131. The maximum absolute atomic E-state index is 13.0. The molecule has 4 rings (SSSR count). The molecule has 2 aromatic rings. The number of fused-ring (bicyclic) bond motifs is 1. The number of carbonyl (C=O) groups excluding carboxylic acids is 2. The molecule has 2 aliphatic rings. The van der Waals surface area contributed by atoms with Gasteiger partial charge in [-0.1, -0.05) is 18.2 Å². The predicted molar refractivity (Wildman–Crippen MR) is 85.4 cm³/mol. The molecule has 2 heterocycles. The molecule has 25 heavy (non-hydrogen) atoms. The van der Waals surface area contributed by atoms with Gasteiger partial charge >= 0.3 is 6.03 Å². The second-order valence-electron chi connectivity index (χ2n) is 6.14. The molecule has 128 valence electrons. The third-order valence-corrected chi connectivity index (χ3v) is 4.48. The highest BCUT2D eigenvalue weighted by atomic mass is 19.1. The Hall–Kier alpha value is -3.09. The molecule has 3 amide bonds. The van der Waals surface area contributed by atoms with Gasteiger partial charge in [0.15, 0.2) is 11.5 Å². The number of hydrogen-bond donors (Lipinski definition) is 1. The molecular weight excluding hydrogens is 327 g/mol. The van der Waals surface area contributed by atoms with Crippen LogP contribution in [-0.2, 0) is 16.9 Å². The van der Waals surface area contributed by atoms with Crippen molar-refractivity contribution in [2.45, 2.75) is 19.0 Å². The molecule has 2 aliphatic heterocycles. The topological polar surface area (TPSA) is 67.9 Å². The third kappa shape index (κ3) is 2.48. The first-order chi connectivity index (χ1) is 12.0. The van der Waals surface area contributed by atoms with Gasteiger partial charge in [0, 0.05) is 0 Å². The molecule has 0 aliphatic carbocycles. The first-order valence-corrected chi connectivity index (χ1v) is 7.76. The van der Waals surface area contributed by atoms with Crippen molar-refractivity contribution in [1.29, 1.82) is 0 Å². The van der Waals surface area contributed by atoms with Crippen LogP contribution < -0.4 is 14.8 Å². The van der Waals surface area contributed by atoms with Gasteiger partial charge in [-0.15, -0.1) is 0 Å². The van der Waals surface area contributed by atoms with Gasteiger partial charge in [-0.2, -0.15) is 0 Å². The Bertz CT molecular complexity index is 868. The molecule has 0 bridgehead atoms. The third-order valence-electron chi connectivity index (χ3n) is 4.48. The number of nitrogens with zero attached hydrogens (tertiary/aromatic N) is 1. The van der Waals surface area contributed by atoms with Crippen LogP contribution >= 0.6 is 0 Å². The van der Waals surface area contributed by atoms with Crippen LogP contribution in [0.5, 0.6) is 11.5 Å². The van der Waals surface area contributed by atoms with Gasteiger partial charge in [-0.05, 0) is 42.3 Å². The lowest BCUT2D eigenvalue weighted by Gasteiger charge is -2.22. The SMILES string of the molecule is C[C@]1(c2ccc3c(c2)OCO3)NC(=O)N(Cc2ccc(F)cc2)C1=O. The van der Waals surface area contributed by atoms with E-state index in [1.165, 1.54) is 12.1 Å². The summed E-state index contributed by atoms with van der Waals surface area (Å²) in [4.78, 5) is 26.4. The molecule has 0 spiro atoms. The number of benzene rings is 2. The smallest absolute Gasteiger partial charge is 0.325 e. The van der Waals surface area contributed by atoms with Crippen LogP contribution in [0.1, 0.15) is 18.1 Å². The lowest BCUT2D eigenvalue weighted by atomic mass is 9.91. The van der Waals surface area contributed by atoms with Crippen molar-refractivity contribution in [3.8, 4) is 11.5 Å². The zero-order chi connectivity index (χ0) is 17.6. The number of imide groups is 1. The van der Waals surface area contributed by atoms with Crippen molar-refractivity contribution in [3.05, 3.63) is 59.4 Å². The maximum atomic E-state index is 13.0. The van der Waals surface area contributed by atoms with E-state index in [-0.39, 0.29) is 25.1 Å². The van der Waals surface area contributed by atoms with Gasteiger partial charge < -0.3 is 14.8 Å². The highest BCUT2D eigenvalue weighted by Crippen LogP contribution is 2.38. The summed E-state index contributed by atoms with van der Waals surface area (Å²) in [6.45, 7) is 1.85. The van der Waals surface area contributed by atoms with Crippen LogP contribution in [0, 0.1) is 5.82 Å². The number of halogens is 1. The number of urea groups is 1. The van der Waals surface area contributed by atoms with Crippen molar-refractivity contribution >= 4 is 11.9 Å². The molecule has 1 saturated heterocycles. The van der Waals surface area contributed by atoms with Gasteiger partial charge in [0.2, 0.25) is 6.79 Å². The highest BCUT2D eigenvalue weighted by molar-refractivity contribution is 6.07. The number of nitrogens with one attached hydrogen (secondary N) is 1. The van der Waals surface area contributed by atoms with E-state index in [1.807, 2.05) is 0 Å². The Morgan fingerprint density at radius 3 is 2.60 bits per heavy atom. The molecule has 0 saturated carbocycles. The Kier molecular flexibility index (Phi) is 3.38. The van der Waals surface area contributed by atoms with E-state index in [0.717, 1.165) is 4.90 Å². The van der Waals surface area contributed by atoms with Gasteiger partial charge in [0.05, 0.1) is 6.54 Å². The van der Waals surface area contributed by atoms with Crippen LogP contribution in [-0.4, -0.2) is 23.6 Å². The average Bonchev–Trinajstić information content (AvgIpc) is 3.15. The van der Waals surface area contributed by atoms with E-state index >= 15 is 0 Å². The van der Waals surface area contributed by atoms with E-state index in [2.05, 4.69) is 5.32 Å². The number of carbonyl (C=O) groups is 2. The standard InChI is InChI=1S/C18H15FN2O4/c1-18(12-4-7-14-15(8-12)25-10-24-14)16(22)21(17(23)20-18)9-11-2-5-13(19)6-3-11/h2-8H,9-10H2,1H3,(H,20,23)/t18-/m1/s1. The normalized spacial score (nSPS) is 21.6. The summed E-state index contributed by atoms with van der Waals surface area (Å²) < 4.78 is 23.6. The van der Waals surface area contributed by atoms with Crippen molar-refractivity contribution < 1.29 is 23.5 Å². The average molecular weight is 342 g/mol. The predicted octanol–water partition coefficient (Wildman–Crippen LogP) is 2.52. The molecule has 1 atom stereocenters. The number of amides is 3. The van der Waals surface area contributed by atoms with Gasteiger partial charge in [-0.25, -0.2) is 9.18 Å². The lowest BCUT2D eigenvalue weighted by Crippen LogP contribution is -2.40. The van der Waals surface area contributed by atoms with E-state index in [9.17, 15) is 14.0 Å². The van der Waals surface area contributed by atoms with Crippen LogP contribution in [0.15, 0.2) is 42.5 Å². The first-order valence-electron chi connectivity index (χ1n) is 7.76. The summed E-state index contributed by atoms with van der Waals surface area (Å²) >= 11 is 0. The summed E-state index contributed by atoms with van der Waals surface area (Å²) in [6, 6.07) is 10.3. The monoisotopic (exact) mass is 342 g/mol. The largest absolute Gasteiger partial charge is 0.454 e. The minimum atomic E-state index is -1.20. The summed E-state index contributed by atoms with van der Waals surface area (Å²) in [6.07, 6.45) is 0. The fourth-order valence-corrected chi connectivity index (χ4v) is 3.02. The Morgan fingerprint density at radius 1 is 1.12 bits per heavy atom. The first kappa shape index (κ1) is 15.4. The fourth-order valence-electron chi connectivity index (χ4n) is 3.02. The van der Waals surface area contributed by atoms with Gasteiger partial charge in [0.1, 0.15) is 11.4 Å². The van der Waals surface area contributed by atoms with Crippen LogP contribution in [0.3, 0.4) is 0 Å². The summed E-state index contributed by atoms with van der Waals surface area (Å²) in [7, 11) is 0. The number of ether oxygens (including phenoxy) is 2. The summed E-state index contributed by atoms with van der Waals surface area (Å²) in [5.41, 5.74) is 0.0782. The van der Waals surface area contributed by atoms with Crippen molar-refractivity contribution in [3.63, 3.8) is 0 Å². The van der Waals surface area contributed by atoms with E-state index < -0.39 is 11.6 Å². The van der Waals surface area contributed by atoms with Crippen LogP contribution in [0.2, 0.25) is 0 Å². The highest BCUT2D eigenvalue weighted by Gasteiger charge is 2.49. The minimum absolute atomic E-state index is 0.0745. The van der Waals surface area contributed by atoms with E-state index in [4.69, 9.17) is 9.47 Å².